The zero-order valence-corrected chi connectivity index (χ0v) is 7.40. The molecule has 0 aliphatic carbocycles. The van der Waals surface area contributed by atoms with E-state index < -0.39 is 6.09 Å². The molecule has 1 fully saturated rings. The number of rotatable bonds is 1. The zero-order chi connectivity index (χ0) is 9.68. The molecular formula is C9H13NO3. The van der Waals surface area contributed by atoms with Crippen molar-refractivity contribution in [2.24, 2.45) is 0 Å². The Morgan fingerprint density at radius 2 is 2.15 bits per heavy atom. The van der Waals surface area contributed by atoms with Gasteiger partial charge in [0.1, 0.15) is 6.29 Å². The Morgan fingerprint density at radius 3 is 2.77 bits per heavy atom. The molecule has 0 spiro atoms. The lowest BCUT2D eigenvalue weighted by atomic mass is 10.1. The largest absolute Gasteiger partial charge is 0.465 e. The molecule has 1 N–H and O–H groups in total. The summed E-state index contributed by atoms with van der Waals surface area (Å²) in [5.41, 5.74) is 1.05. The van der Waals surface area contributed by atoms with Crippen molar-refractivity contribution < 1.29 is 14.7 Å². The minimum absolute atomic E-state index is 0.509. The molecule has 13 heavy (non-hydrogen) atoms. The molecule has 0 radical (unpaired) electrons. The Kier molecular flexibility index (Phi) is 3.49. The summed E-state index contributed by atoms with van der Waals surface area (Å²) < 4.78 is 0. The van der Waals surface area contributed by atoms with Crippen molar-refractivity contribution in [3.05, 3.63) is 11.6 Å². The molecular weight excluding hydrogens is 170 g/mol. The highest BCUT2D eigenvalue weighted by Crippen LogP contribution is 2.15. The molecule has 1 amide bonds. The van der Waals surface area contributed by atoms with Gasteiger partial charge in [0.05, 0.1) is 0 Å². The van der Waals surface area contributed by atoms with Crippen LogP contribution < -0.4 is 0 Å². The van der Waals surface area contributed by atoms with Crippen molar-refractivity contribution in [2.75, 3.05) is 13.1 Å². The molecule has 1 heterocycles. The van der Waals surface area contributed by atoms with Crippen LogP contribution in [0.4, 0.5) is 4.79 Å². The predicted molar refractivity (Wildman–Crippen MR) is 47.6 cm³/mol. The number of likely N-dealkylation sites (tertiary alicyclic amines) is 1. The Labute approximate surface area is 76.8 Å². The van der Waals surface area contributed by atoms with Gasteiger partial charge in [-0.3, -0.25) is 4.79 Å². The van der Waals surface area contributed by atoms with E-state index in [-0.39, 0.29) is 0 Å². The molecule has 0 saturated carbocycles. The number of allylic oxidation sites excluding steroid dienone is 1. The van der Waals surface area contributed by atoms with E-state index in [1.807, 2.05) is 0 Å². The van der Waals surface area contributed by atoms with Crippen LogP contribution in [0.25, 0.3) is 0 Å². The van der Waals surface area contributed by atoms with E-state index in [0.717, 1.165) is 24.7 Å². The van der Waals surface area contributed by atoms with Gasteiger partial charge >= 0.3 is 6.09 Å². The highest BCUT2D eigenvalue weighted by molar-refractivity contribution is 5.67. The number of hydrogen-bond acceptors (Lipinski definition) is 2. The third-order valence-corrected chi connectivity index (χ3v) is 2.20. The number of hydrogen-bond donors (Lipinski definition) is 1. The van der Waals surface area contributed by atoms with E-state index in [9.17, 15) is 9.59 Å². The summed E-state index contributed by atoms with van der Waals surface area (Å²) in [7, 11) is 0. The molecule has 1 rings (SSSR count). The van der Waals surface area contributed by atoms with Crippen LogP contribution in [0, 0.1) is 0 Å². The Balaban J connectivity index is 2.53. The van der Waals surface area contributed by atoms with Crippen molar-refractivity contribution in [1.29, 1.82) is 0 Å². The second-order valence-electron chi connectivity index (χ2n) is 3.08. The van der Waals surface area contributed by atoms with Crippen LogP contribution in [0.15, 0.2) is 11.6 Å². The number of carbonyl (C=O) groups is 2. The third-order valence-electron chi connectivity index (χ3n) is 2.20. The number of carboxylic acid groups (broad SMARTS) is 1. The molecule has 4 nitrogen and oxygen atoms in total. The average Bonchev–Trinajstić information content (AvgIpc) is 2.30. The Bertz CT molecular complexity index is 235. The molecule has 1 aliphatic heterocycles. The molecule has 0 aromatic carbocycles. The summed E-state index contributed by atoms with van der Waals surface area (Å²) in [6.45, 7) is 1.08. The first kappa shape index (κ1) is 9.77. The summed E-state index contributed by atoms with van der Waals surface area (Å²) in [5, 5.41) is 8.72. The lowest BCUT2D eigenvalue weighted by Crippen LogP contribution is -2.30. The quantitative estimate of drug-likeness (QED) is 0.492. The normalized spacial score (nSPS) is 21.2. The molecule has 0 atom stereocenters. The monoisotopic (exact) mass is 183 g/mol. The van der Waals surface area contributed by atoms with Crippen LogP contribution in [-0.2, 0) is 4.79 Å². The third kappa shape index (κ3) is 2.89. The maximum Gasteiger partial charge on any atom is 0.407 e. The topological polar surface area (TPSA) is 57.6 Å². The van der Waals surface area contributed by atoms with Crippen molar-refractivity contribution >= 4 is 12.4 Å². The zero-order valence-electron chi connectivity index (χ0n) is 7.40. The minimum Gasteiger partial charge on any atom is -0.465 e. The SMILES string of the molecule is O=C/C=C1/CCCN(C(=O)O)CC1. The fraction of sp³-hybridized carbons (Fsp3) is 0.556. The van der Waals surface area contributed by atoms with E-state index in [2.05, 4.69) is 0 Å². The molecule has 1 aliphatic rings. The van der Waals surface area contributed by atoms with Crippen molar-refractivity contribution in [3.8, 4) is 0 Å². The van der Waals surface area contributed by atoms with E-state index in [0.29, 0.717) is 19.5 Å². The first-order valence-electron chi connectivity index (χ1n) is 4.35. The van der Waals surface area contributed by atoms with E-state index in [4.69, 9.17) is 5.11 Å². The highest BCUT2D eigenvalue weighted by atomic mass is 16.4. The lowest BCUT2D eigenvalue weighted by Gasteiger charge is -2.14. The second kappa shape index (κ2) is 4.64. The number of aldehydes is 1. The molecule has 0 bridgehead atoms. The standard InChI is InChI=1S/C9H13NO3/c11-7-4-8-2-1-5-10(6-3-8)9(12)13/h4,7H,1-3,5-6H2,(H,12,13)/b8-4-. The van der Waals surface area contributed by atoms with Gasteiger partial charge < -0.3 is 10.0 Å². The molecule has 0 aromatic rings. The van der Waals surface area contributed by atoms with Gasteiger partial charge in [-0.05, 0) is 25.3 Å². The second-order valence-corrected chi connectivity index (χ2v) is 3.08. The lowest BCUT2D eigenvalue weighted by molar-refractivity contribution is -0.104. The summed E-state index contributed by atoms with van der Waals surface area (Å²) >= 11 is 0. The Hall–Kier alpha value is -1.32. The molecule has 0 unspecified atom stereocenters. The first-order valence-corrected chi connectivity index (χ1v) is 4.35. The van der Waals surface area contributed by atoms with Gasteiger partial charge in [-0.1, -0.05) is 5.57 Å². The maximum atomic E-state index is 10.6. The van der Waals surface area contributed by atoms with Crippen molar-refractivity contribution in [1.82, 2.24) is 4.90 Å². The summed E-state index contributed by atoms with van der Waals surface area (Å²) in [4.78, 5) is 22.2. The van der Waals surface area contributed by atoms with E-state index in [1.165, 1.54) is 4.90 Å². The summed E-state index contributed by atoms with van der Waals surface area (Å²) in [6.07, 6.45) is 3.78. The fourth-order valence-corrected chi connectivity index (χ4v) is 1.47. The smallest absolute Gasteiger partial charge is 0.407 e. The average molecular weight is 183 g/mol. The number of carbonyl (C=O) groups excluding carboxylic acids is 1. The molecule has 0 aromatic heterocycles. The van der Waals surface area contributed by atoms with Crippen LogP contribution in [0.1, 0.15) is 19.3 Å². The van der Waals surface area contributed by atoms with Crippen LogP contribution in [0.2, 0.25) is 0 Å². The van der Waals surface area contributed by atoms with Crippen LogP contribution in [-0.4, -0.2) is 35.5 Å². The van der Waals surface area contributed by atoms with Gasteiger partial charge in [0.25, 0.3) is 0 Å². The summed E-state index contributed by atoms with van der Waals surface area (Å²) in [5.74, 6) is 0. The van der Waals surface area contributed by atoms with Crippen LogP contribution in [0.3, 0.4) is 0 Å². The summed E-state index contributed by atoms with van der Waals surface area (Å²) in [6, 6.07) is 0. The van der Waals surface area contributed by atoms with E-state index >= 15 is 0 Å². The molecule has 4 heteroatoms. The molecule has 1 saturated heterocycles. The van der Waals surface area contributed by atoms with Gasteiger partial charge in [0, 0.05) is 13.1 Å². The van der Waals surface area contributed by atoms with E-state index in [1.54, 1.807) is 6.08 Å². The fourth-order valence-electron chi connectivity index (χ4n) is 1.47. The predicted octanol–water partition coefficient (Wildman–Crippen LogP) is 1.28. The van der Waals surface area contributed by atoms with Gasteiger partial charge in [0.15, 0.2) is 0 Å². The highest BCUT2D eigenvalue weighted by Gasteiger charge is 2.15. The van der Waals surface area contributed by atoms with Crippen LogP contribution in [0.5, 0.6) is 0 Å². The maximum absolute atomic E-state index is 10.6. The minimum atomic E-state index is -0.868. The first-order chi connectivity index (χ1) is 6.24. The number of amides is 1. The van der Waals surface area contributed by atoms with Crippen molar-refractivity contribution in [3.63, 3.8) is 0 Å². The van der Waals surface area contributed by atoms with Gasteiger partial charge in [-0.25, -0.2) is 4.79 Å². The van der Waals surface area contributed by atoms with Gasteiger partial charge in [0.2, 0.25) is 0 Å². The molecule has 72 valence electrons. The van der Waals surface area contributed by atoms with Crippen molar-refractivity contribution in [2.45, 2.75) is 19.3 Å². The van der Waals surface area contributed by atoms with Crippen LogP contribution >= 0.6 is 0 Å². The van der Waals surface area contributed by atoms with Gasteiger partial charge in [-0.2, -0.15) is 0 Å². The number of nitrogens with zero attached hydrogens (tertiary/aromatic N) is 1. The van der Waals surface area contributed by atoms with Gasteiger partial charge in [-0.15, -0.1) is 0 Å². The Morgan fingerprint density at radius 1 is 1.38 bits per heavy atom.